The zero-order chi connectivity index (χ0) is 7.40. The number of hydrogen-bond donors (Lipinski definition) is 2. The fourth-order valence-corrected chi connectivity index (χ4v) is 1.95. The zero-order valence-electron chi connectivity index (χ0n) is 6.42. The van der Waals surface area contributed by atoms with E-state index in [-0.39, 0.29) is 0 Å². The van der Waals surface area contributed by atoms with Crippen molar-refractivity contribution >= 4 is 0 Å². The Labute approximate surface area is 62.4 Å². The predicted molar refractivity (Wildman–Crippen MR) is 41.6 cm³/mol. The molecule has 0 saturated heterocycles. The third-order valence-electron chi connectivity index (χ3n) is 2.59. The van der Waals surface area contributed by atoms with E-state index in [9.17, 15) is 0 Å². The fraction of sp³-hybridized carbons (Fsp3) is 1.00. The first-order valence-electron chi connectivity index (χ1n) is 4.19. The van der Waals surface area contributed by atoms with Gasteiger partial charge in [-0.2, -0.15) is 0 Å². The van der Waals surface area contributed by atoms with Crippen LogP contribution in [0.3, 0.4) is 0 Å². The minimum atomic E-state index is 0.366. The van der Waals surface area contributed by atoms with Crippen LogP contribution in [0, 0.1) is 11.8 Å². The average molecular weight is 143 g/mol. The summed E-state index contributed by atoms with van der Waals surface area (Å²) in [6.07, 6.45) is 4.88. The molecule has 0 spiro atoms. The molecule has 0 bridgehead atoms. The van der Waals surface area contributed by atoms with E-state index < -0.39 is 0 Å². The maximum atomic E-state index is 8.92. The molecule has 0 aromatic rings. The first-order valence-corrected chi connectivity index (χ1v) is 4.19. The molecular formula is C8H17NO. The molecule has 60 valence electrons. The predicted octanol–water partition coefficient (Wildman–Crippen LogP) is 0.744. The van der Waals surface area contributed by atoms with Crippen molar-refractivity contribution in [2.75, 3.05) is 13.2 Å². The number of rotatable bonds is 3. The lowest BCUT2D eigenvalue weighted by Crippen LogP contribution is -2.15. The Balaban J connectivity index is 2.27. The summed E-state index contributed by atoms with van der Waals surface area (Å²) in [7, 11) is 0. The van der Waals surface area contributed by atoms with Gasteiger partial charge in [0.05, 0.1) is 0 Å². The molecule has 0 unspecified atom stereocenters. The van der Waals surface area contributed by atoms with E-state index >= 15 is 0 Å². The first-order chi connectivity index (χ1) is 4.88. The Morgan fingerprint density at radius 2 is 2.00 bits per heavy atom. The second kappa shape index (κ2) is 3.94. The van der Waals surface area contributed by atoms with Gasteiger partial charge < -0.3 is 10.8 Å². The van der Waals surface area contributed by atoms with E-state index in [2.05, 4.69) is 0 Å². The van der Waals surface area contributed by atoms with E-state index in [1.807, 2.05) is 0 Å². The zero-order valence-corrected chi connectivity index (χ0v) is 6.42. The van der Waals surface area contributed by atoms with Gasteiger partial charge in [0.2, 0.25) is 0 Å². The molecule has 10 heavy (non-hydrogen) atoms. The van der Waals surface area contributed by atoms with Crippen molar-refractivity contribution in [2.45, 2.75) is 25.7 Å². The second-order valence-corrected chi connectivity index (χ2v) is 3.21. The van der Waals surface area contributed by atoms with Gasteiger partial charge in [0, 0.05) is 6.61 Å². The molecule has 0 aliphatic heterocycles. The molecule has 1 aliphatic rings. The molecule has 2 heteroatoms. The first kappa shape index (κ1) is 8.02. The van der Waals surface area contributed by atoms with Gasteiger partial charge in [0.1, 0.15) is 0 Å². The number of aliphatic hydroxyl groups excluding tert-OH is 1. The Morgan fingerprint density at radius 3 is 2.60 bits per heavy atom. The highest BCUT2D eigenvalue weighted by atomic mass is 16.3. The van der Waals surface area contributed by atoms with Crippen LogP contribution in [0.2, 0.25) is 0 Å². The standard InChI is InChI=1S/C8H17NO/c9-5-4-7-2-1-3-8(7)6-10/h7-8,10H,1-6,9H2/t7-,8-/m1/s1. The largest absolute Gasteiger partial charge is 0.396 e. The van der Waals surface area contributed by atoms with Crippen LogP contribution in [0.5, 0.6) is 0 Å². The van der Waals surface area contributed by atoms with Crippen LogP contribution in [0.15, 0.2) is 0 Å². The van der Waals surface area contributed by atoms with Gasteiger partial charge in [-0.05, 0) is 31.2 Å². The van der Waals surface area contributed by atoms with Gasteiger partial charge in [0.15, 0.2) is 0 Å². The van der Waals surface area contributed by atoms with Gasteiger partial charge in [-0.15, -0.1) is 0 Å². The topological polar surface area (TPSA) is 46.2 Å². The van der Waals surface area contributed by atoms with E-state index in [0.29, 0.717) is 12.5 Å². The highest BCUT2D eigenvalue weighted by molar-refractivity contribution is 4.76. The Hall–Kier alpha value is -0.0800. The van der Waals surface area contributed by atoms with Gasteiger partial charge in [0.25, 0.3) is 0 Å². The van der Waals surface area contributed by atoms with Crippen LogP contribution in [0.25, 0.3) is 0 Å². The maximum absolute atomic E-state index is 8.92. The van der Waals surface area contributed by atoms with Crippen molar-refractivity contribution in [3.8, 4) is 0 Å². The minimum Gasteiger partial charge on any atom is -0.396 e. The SMILES string of the molecule is NCC[C@H]1CCC[C@@H]1CO. The summed E-state index contributed by atoms with van der Waals surface area (Å²) in [5.74, 6) is 1.28. The third-order valence-corrected chi connectivity index (χ3v) is 2.59. The lowest BCUT2D eigenvalue weighted by Gasteiger charge is -2.15. The number of nitrogens with two attached hydrogens (primary N) is 1. The number of aliphatic hydroxyl groups is 1. The van der Waals surface area contributed by atoms with Crippen molar-refractivity contribution in [3.63, 3.8) is 0 Å². The lowest BCUT2D eigenvalue weighted by atomic mass is 9.94. The second-order valence-electron chi connectivity index (χ2n) is 3.21. The van der Waals surface area contributed by atoms with Crippen molar-refractivity contribution in [3.05, 3.63) is 0 Å². The summed E-state index contributed by atoms with van der Waals surface area (Å²) >= 11 is 0. The van der Waals surface area contributed by atoms with Crippen LogP contribution < -0.4 is 5.73 Å². The monoisotopic (exact) mass is 143 g/mol. The summed E-state index contributed by atoms with van der Waals surface area (Å²) in [5.41, 5.74) is 5.44. The fourth-order valence-electron chi connectivity index (χ4n) is 1.95. The van der Waals surface area contributed by atoms with Gasteiger partial charge >= 0.3 is 0 Å². The Kier molecular flexibility index (Phi) is 3.16. The third kappa shape index (κ3) is 1.70. The normalized spacial score (nSPS) is 33.0. The molecule has 0 heterocycles. The Morgan fingerprint density at radius 1 is 1.30 bits per heavy atom. The maximum Gasteiger partial charge on any atom is 0.0461 e. The highest BCUT2D eigenvalue weighted by Crippen LogP contribution is 2.32. The molecule has 2 nitrogen and oxygen atoms in total. The van der Waals surface area contributed by atoms with Crippen LogP contribution in [0.1, 0.15) is 25.7 Å². The molecule has 2 atom stereocenters. The molecule has 1 rings (SSSR count). The van der Waals surface area contributed by atoms with Crippen molar-refractivity contribution in [1.82, 2.24) is 0 Å². The van der Waals surface area contributed by atoms with Gasteiger partial charge in [-0.3, -0.25) is 0 Å². The number of hydrogen-bond acceptors (Lipinski definition) is 2. The molecule has 1 saturated carbocycles. The highest BCUT2D eigenvalue weighted by Gasteiger charge is 2.25. The molecule has 3 N–H and O–H groups in total. The molecule has 1 fully saturated rings. The summed E-state index contributed by atoms with van der Waals surface area (Å²) in [6, 6.07) is 0. The molecule has 0 aromatic heterocycles. The van der Waals surface area contributed by atoms with Gasteiger partial charge in [-0.1, -0.05) is 12.8 Å². The van der Waals surface area contributed by atoms with E-state index in [1.54, 1.807) is 0 Å². The molecule has 0 radical (unpaired) electrons. The molecule has 0 aromatic carbocycles. The summed E-state index contributed by atoms with van der Waals surface area (Å²) < 4.78 is 0. The van der Waals surface area contributed by atoms with Crippen molar-refractivity contribution < 1.29 is 5.11 Å². The van der Waals surface area contributed by atoms with Crippen LogP contribution >= 0.6 is 0 Å². The van der Waals surface area contributed by atoms with E-state index in [4.69, 9.17) is 10.8 Å². The smallest absolute Gasteiger partial charge is 0.0461 e. The molecule has 1 aliphatic carbocycles. The van der Waals surface area contributed by atoms with Crippen LogP contribution in [-0.2, 0) is 0 Å². The average Bonchev–Trinajstić information content (AvgIpc) is 2.36. The summed E-state index contributed by atoms with van der Waals surface area (Å²) in [6.45, 7) is 1.14. The van der Waals surface area contributed by atoms with Crippen molar-refractivity contribution in [2.24, 2.45) is 17.6 Å². The lowest BCUT2D eigenvalue weighted by molar-refractivity contribution is 0.191. The Bertz CT molecular complexity index is 95.3. The summed E-state index contributed by atoms with van der Waals surface area (Å²) in [5, 5.41) is 8.92. The quantitative estimate of drug-likeness (QED) is 0.612. The van der Waals surface area contributed by atoms with E-state index in [0.717, 1.165) is 18.9 Å². The molecular weight excluding hydrogens is 126 g/mol. The summed E-state index contributed by atoms with van der Waals surface area (Å²) in [4.78, 5) is 0. The van der Waals surface area contributed by atoms with E-state index in [1.165, 1.54) is 19.3 Å². The minimum absolute atomic E-state index is 0.366. The van der Waals surface area contributed by atoms with Crippen LogP contribution in [-0.4, -0.2) is 18.3 Å². The van der Waals surface area contributed by atoms with Crippen LogP contribution in [0.4, 0.5) is 0 Å². The molecule has 0 amide bonds. The van der Waals surface area contributed by atoms with Gasteiger partial charge in [-0.25, -0.2) is 0 Å². The van der Waals surface area contributed by atoms with Crippen molar-refractivity contribution in [1.29, 1.82) is 0 Å².